The molecule has 102 valence electrons. The Labute approximate surface area is 127 Å². The molecule has 0 unspecified atom stereocenters. The molecule has 0 radical (unpaired) electrons. The lowest BCUT2D eigenvalue weighted by atomic mass is 10.0. The zero-order valence-corrected chi connectivity index (χ0v) is 12.4. The summed E-state index contributed by atoms with van der Waals surface area (Å²) in [4.78, 5) is 4.88. The Morgan fingerprint density at radius 3 is 2.52 bits per heavy atom. The molecule has 0 saturated carbocycles. The Kier molecular flexibility index (Phi) is 3.09. The molecule has 0 aliphatic carbocycles. The van der Waals surface area contributed by atoms with Crippen LogP contribution < -0.4 is 0 Å². The van der Waals surface area contributed by atoms with Gasteiger partial charge in [-0.25, -0.2) is 0 Å². The van der Waals surface area contributed by atoms with Gasteiger partial charge in [0, 0.05) is 10.9 Å². The molecule has 2 aromatic heterocycles. The van der Waals surface area contributed by atoms with Gasteiger partial charge >= 0.3 is 0 Å². The lowest BCUT2D eigenvalue weighted by Crippen LogP contribution is -1.87. The first-order valence-electron chi connectivity index (χ1n) is 7.08. The van der Waals surface area contributed by atoms with E-state index in [0.717, 1.165) is 6.42 Å². The highest BCUT2D eigenvalue weighted by Crippen LogP contribution is 2.32. The van der Waals surface area contributed by atoms with Gasteiger partial charge in [-0.1, -0.05) is 48.5 Å². The van der Waals surface area contributed by atoms with E-state index in [1.807, 2.05) is 0 Å². The molecule has 0 spiro atoms. The zero-order valence-electron chi connectivity index (χ0n) is 11.5. The van der Waals surface area contributed by atoms with E-state index in [1.54, 1.807) is 11.3 Å². The molecule has 0 atom stereocenters. The van der Waals surface area contributed by atoms with Crippen LogP contribution >= 0.6 is 11.3 Å². The Bertz CT molecular complexity index is 838. The van der Waals surface area contributed by atoms with Crippen molar-refractivity contribution >= 4 is 22.2 Å². The summed E-state index contributed by atoms with van der Waals surface area (Å²) < 4.78 is 0. The van der Waals surface area contributed by atoms with E-state index < -0.39 is 0 Å². The summed E-state index contributed by atoms with van der Waals surface area (Å²) in [5.41, 5.74) is 5.16. The number of fused-ring (bicyclic) bond motifs is 1. The van der Waals surface area contributed by atoms with Crippen molar-refractivity contribution in [2.24, 2.45) is 0 Å². The normalized spacial score (nSPS) is 11.0. The Hall–Kier alpha value is -2.32. The third-order valence-corrected chi connectivity index (χ3v) is 4.75. The summed E-state index contributed by atoms with van der Waals surface area (Å²) in [5, 5.41) is 3.45. The molecule has 0 aliphatic heterocycles. The molecule has 0 saturated heterocycles. The van der Waals surface area contributed by atoms with E-state index in [2.05, 4.69) is 77.1 Å². The van der Waals surface area contributed by atoms with Crippen molar-refractivity contribution in [3.8, 4) is 10.6 Å². The monoisotopic (exact) mass is 289 g/mol. The summed E-state index contributed by atoms with van der Waals surface area (Å²) in [6.07, 6.45) is 0.981. The van der Waals surface area contributed by atoms with E-state index in [0.29, 0.717) is 0 Å². The van der Waals surface area contributed by atoms with Gasteiger partial charge in [0.15, 0.2) is 0 Å². The summed E-state index contributed by atoms with van der Waals surface area (Å²) in [6.45, 7) is 0. The number of nitrogens with one attached hydrogen (secondary N) is 1. The van der Waals surface area contributed by atoms with Crippen molar-refractivity contribution in [3.63, 3.8) is 0 Å². The maximum atomic E-state index is 3.53. The van der Waals surface area contributed by atoms with E-state index in [4.69, 9.17) is 0 Å². The first-order valence-corrected chi connectivity index (χ1v) is 7.96. The van der Waals surface area contributed by atoms with Crippen molar-refractivity contribution in [2.45, 2.75) is 6.42 Å². The van der Waals surface area contributed by atoms with Crippen LogP contribution in [0.25, 0.3) is 21.5 Å². The van der Waals surface area contributed by atoms with Gasteiger partial charge in [-0.2, -0.15) is 0 Å². The van der Waals surface area contributed by atoms with Gasteiger partial charge in [0.2, 0.25) is 0 Å². The molecule has 4 aromatic rings. The number of aromatic nitrogens is 1. The third kappa shape index (κ3) is 2.39. The second-order valence-corrected chi connectivity index (χ2v) is 6.12. The zero-order chi connectivity index (χ0) is 14.1. The van der Waals surface area contributed by atoms with Crippen LogP contribution in [0.15, 0.2) is 72.1 Å². The molecule has 0 bridgehead atoms. The highest BCUT2D eigenvalue weighted by Gasteiger charge is 2.10. The molecule has 4 rings (SSSR count). The fourth-order valence-corrected chi connectivity index (χ4v) is 3.62. The molecular weight excluding hydrogens is 274 g/mol. The fourth-order valence-electron chi connectivity index (χ4n) is 2.72. The highest BCUT2D eigenvalue weighted by atomic mass is 32.1. The van der Waals surface area contributed by atoms with Crippen molar-refractivity contribution in [1.29, 1.82) is 0 Å². The lowest BCUT2D eigenvalue weighted by molar-refractivity contribution is 1.21. The number of para-hydroxylation sites is 1. The average Bonchev–Trinajstić information content (AvgIpc) is 3.14. The van der Waals surface area contributed by atoms with E-state index >= 15 is 0 Å². The second kappa shape index (κ2) is 5.23. The standard InChI is InChI=1S/C19H15NS/c1-2-6-14(7-3-1)12-16-10-11-21-19(16)18-13-15-8-4-5-9-17(15)20-18/h1-11,13,20H,12H2. The SMILES string of the molecule is c1ccc(Cc2ccsc2-c2cc3ccccc3[nH]2)cc1. The number of benzene rings is 2. The lowest BCUT2D eigenvalue weighted by Gasteiger charge is -2.02. The molecule has 0 aliphatic rings. The van der Waals surface area contributed by atoms with Crippen LogP contribution in [0, 0.1) is 0 Å². The fraction of sp³-hybridized carbons (Fsp3) is 0.0526. The number of thiophene rings is 1. The van der Waals surface area contributed by atoms with E-state index in [1.165, 1.54) is 32.6 Å². The maximum absolute atomic E-state index is 3.53. The van der Waals surface area contributed by atoms with E-state index in [-0.39, 0.29) is 0 Å². The van der Waals surface area contributed by atoms with Crippen molar-refractivity contribution < 1.29 is 0 Å². The molecule has 0 fully saturated rings. The largest absolute Gasteiger partial charge is 0.354 e. The molecule has 0 amide bonds. The predicted molar refractivity (Wildman–Crippen MR) is 90.9 cm³/mol. The van der Waals surface area contributed by atoms with Gasteiger partial charge in [0.1, 0.15) is 0 Å². The van der Waals surface area contributed by atoms with Crippen LogP contribution in [0.2, 0.25) is 0 Å². The quantitative estimate of drug-likeness (QED) is 0.513. The Morgan fingerprint density at radius 1 is 0.857 bits per heavy atom. The Balaban J connectivity index is 1.74. The van der Waals surface area contributed by atoms with Crippen LogP contribution in [0.1, 0.15) is 11.1 Å². The van der Waals surface area contributed by atoms with Crippen LogP contribution in [-0.2, 0) is 6.42 Å². The minimum absolute atomic E-state index is 0.981. The Morgan fingerprint density at radius 2 is 1.67 bits per heavy atom. The molecule has 1 N–H and O–H groups in total. The molecule has 21 heavy (non-hydrogen) atoms. The van der Waals surface area contributed by atoms with Gasteiger partial charge in [-0.15, -0.1) is 11.3 Å². The second-order valence-electron chi connectivity index (χ2n) is 5.21. The summed E-state index contributed by atoms with van der Waals surface area (Å²) in [6, 6.07) is 23.6. The molecule has 2 heteroatoms. The summed E-state index contributed by atoms with van der Waals surface area (Å²) in [5.74, 6) is 0. The van der Waals surface area contributed by atoms with Crippen LogP contribution in [-0.4, -0.2) is 4.98 Å². The van der Waals surface area contributed by atoms with Gasteiger partial charge in [-0.3, -0.25) is 0 Å². The van der Waals surface area contributed by atoms with Crippen LogP contribution in [0.4, 0.5) is 0 Å². The number of rotatable bonds is 3. The summed E-state index contributed by atoms with van der Waals surface area (Å²) in [7, 11) is 0. The van der Waals surface area contributed by atoms with Gasteiger partial charge < -0.3 is 4.98 Å². The first kappa shape index (κ1) is 12.4. The van der Waals surface area contributed by atoms with Crippen molar-refractivity contribution in [1.82, 2.24) is 4.98 Å². The van der Waals surface area contributed by atoms with Gasteiger partial charge in [0.25, 0.3) is 0 Å². The smallest absolute Gasteiger partial charge is 0.0569 e. The van der Waals surface area contributed by atoms with Crippen molar-refractivity contribution in [2.75, 3.05) is 0 Å². The minimum Gasteiger partial charge on any atom is -0.354 e. The number of hydrogen-bond acceptors (Lipinski definition) is 1. The molecule has 2 aromatic carbocycles. The highest BCUT2D eigenvalue weighted by molar-refractivity contribution is 7.13. The van der Waals surface area contributed by atoms with Crippen LogP contribution in [0.5, 0.6) is 0 Å². The van der Waals surface area contributed by atoms with Crippen LogP contribution in [0.3, 0.4) is 0 Å². The molecule has 2 heterocycles. The third-order valence-electron chi connectivity index (χ3n) is 3.76. The molecular formula is C19H15NS. The van der Waals surface area contributed by atoms with E-state index in [9.17, 15) is 0 Å². The first-order chi connectivity index (χ1) is 10.4. The minimum atomic E-state index is 0.981. The molecule has 1 nitrogen and oxygen atoms in total. The maximum Gasteiger partial charge on any atom is 0.0569 e. The van der Waals surface area contributed by atoms with Gasteiger partial charge in [0.05, 0.1) is 10.6 Å². The van der Waals surface area contributed by atoms with Gasteiger partial charge in [-0.05, 0) is 41.1 Å². The number of aromatic amines is 1. The average molecular weight is 289 g/mol. The topological polar surface area (TPSA) is 15.8 Å². The number of H-pyrrole nitrogens is 1. The predicted octanol–water partition coefficient (Wildman–Crippen LogP) is 5.49. The number of hydrogen-bond donors (Lipinski definition) is 1. The summed E-state index contributed by atoms with van der Waals surface area (Å²) >= 11 is 1.81. The van der Waals surface area contributed by atoms with Crippen molar-refractivity contribution in [3.05, 3.63) is 83.2 Å².